The molecule has 0 saturated carbocycles. The molecule has 186 valence electrons. The van der Waals surface area contributed by atoms with Crippen LogP contribution in [-0.4, -0.2) is 34.6 Å². The molecule has 0 radical (unpaired) electrons. The van der Waals surface area contributed by atoms with Gasteiger partial charge in [-0.25, -0.2) is 8.42 Å². The molecule has 0 saturated heterocycles. The maximum Gasteiger partial charge on any atom is 0.416 e. The minimum absolute atomic E-state index is 0.175. The average Bonchev–Trinajstić information content (AvgIpc) is 2.83. The van der Waals surface area contributed by atoms with Crippen LogP contribution >= 0.6 is 0 Å². The lowest BCUT2D eigenvalue weighted by molar-refractivity contribution is -0.137. The lowest BCUT2D eigenvalue weighted by atomic mass is 10.1. The third-order valence-corrected chi connectivity index (χ3v) is 6.24. The van der Waals surface area contributed by atoms with Crippen molar-refractivity contribution in [2.24, 2.45) is 0 Å². The van der Waals surface area contributed by atoms with Gasteiger partial charge in [0.1, 0.15) is 11.5 Å². The Morgan fingerprint density at radius 1 is 0.943 bits per heavy atom. The van der Waals surface area contributed by atoms with Crippen molar-refractivity contribution in [3.63, 3.8) is 0 Å². The number of carbonyl (C=O) groups is 1. The normalized spacial score (nSPS) is 11.5. The molecule has 3 aromatic carbocycles. The van der Waals surface area contributed by atoms with Crippen LogP contribution in [0.15, 0.2) is 77.7 Å². The molecule has 0 aromatic heterocycles. The summed E-state index contributed by atoms with van der Waals surface area (Å²) in [7, 11) is -2.54. The van der Waals surface area contributed by atoms with E-state index in [0.29, 0.717) is 19.0 Å². The third kappa shape index (κ3) is 7.64. The Morgan fingerprint density at radius 2 is 1.60 bits per heavy atom. The predicted octanol–water partition coefficient (Wildman–Crippen LogP) is 4.25. The molecular formula is C24H23F3N2O5S. The van der Waals surface area contributed by atoms with Gasteiger partial charge in [0.05, 0.1) is 17.6 Å². The molecule has 1 amide bonds. The summed E-state index contributed by atoms with van der Waals surface area (Å²) in [6.07, 6.45) is -3.97. The standard InChI is InChI=1S/C24H23F3N2O5S/c1-33-20-7-5-17(6-8-20)13-14-28-23(30)16-34-21-9-11-22(12-10-21)35(31,32)29-19-4-2-3-18(15-19)24(25,26)27/h2-12,15,29H,13-14,16H2,1H3,(H,28,30). The highest BCUT2D eigenvalue weighted by Crippen LogP contribution is 2.31. The first-order chi connectivity index (χ1) is 16.6. The molecule has 11 heteroatoms. The highest BCUT2D eigenvalue weighted by molar-refractivity contribution is 7.92. The molecule has 0 fully saturated rings. The van der Waals surface area contributed by atoms with Crippen LogP contribution in [0.1, 0.15) is 11.1 Å². The van der Waals surface area contributed by atoms with Gasteiger partial charge in [-0.3, -0.25) is 9.52 Å². The number of rotatable bonds is 10. The second-order valence-electron chi connectivity index (χ2n) is 7.39. The maximum absolute atomic E-state index is 12.8. The van der Waals surface area contributed by atoms with Gasteiger partial charge in [-0.05, 0) is 66.6 Å². The van der Waals surface area contributed by atoms with E-state index in [-0.39, 0.29) is 28.8 Å². The third-order valence-electron chi connectivity index (χ3n) is 4.84. The van der Waals surface area contributed by atoms with Gasteiger partial charge in [0, 0.05) is 12.2 Å². The van der Waals surface area contributed by atoms with Gasteiger partial charge in [-0.1, -0.05) is 18.2 Å². The number of alkyl halides is 3. The van der Waals surface area contributed by atoms with Gasteiger partial charge in [0.15, 0.2) is 6.61 Å². The number of hydrogen-bond acceptors (Lipinski definition) is 5. The number of ether oxygens (including phenoxy) is 2. The lowest BCUT2D eigenvalue weighted by Gasteiger charge is -2.12. The molecule has 0 spiro atoms. The van der Waals surface area contributed by atoms with Crippen LogP contribution in [0, 0.1) is 0 Å². The molecule has 0 aliphatic rings. The van der Waals surface area contributed by atoms with Crippen molar-refractivity contribution in [3.8, 4) is 11.5 Å². The highest BCUT2D eigenvalue weighted by atomic mass is 32.2. The SMILES string of the molecule is COc1ccc(CCNC(=O)COc2ccc(S(=O)(=O)Nc3cccc(C(F)(F)F)c3)cc2)cc1. The number of benzene rings is 3. The second kappa shape index (κ2) is 11.1. The van der Waals surface area contributed by atoms with Gasteiger partial charge >= 0.3 is 6.18 Å². The molecule has 0 atom stereocenters. The zero-order chi connectivity index (χ0) is 25.5. The van der Waals surface area contributed by atoms with E-state index >= 15 is 0 Å². The monoisotopic (exact) mass is 508 g/mol. The molecule has 2 N–H and O–H groups in total. The Morgan fingerprint density at radius 3 is 2.23 bits per heavy atom. The summed E-state index contributed by atoms with van der Waals surface area (Å²) in [5.41, 5.74) is -0.155. The molecule has 7 nitrogen and oxygen atoms in total. The van der Waals surface area contributed by atoms with Crippen molar-refractivity contribution in [1.29, 1.82) is 0 Å². The second-order valence-corrected chi connectivity index (χ2v) is 9.07. The minimum Gasteiger partial charge on any atom is -0.497 e. The number of nitrogens with one attached hydrogen (secondary N) is 2. The number of carbonyl (C=O) groups excluding carboxylic acids is 1. The fraction of sp³-hybridized carbons (Fsp3) is 0.208. The van der Waals surface area contributed by atoms with Crippen molar-refractivity contribution in [1.82, 2.24) is 5.32 Å². The van der Waals surface area contributed by atoms with Crippen molar-refractivity contribution < 1.29 is 35.9 Å². The van der Waals surface area contributed by atoms with Crippen LogP contribution in [0.5, 0.6) is 11.5 Å². The van der Waals surface area contributed by atoms with Gasteiger partial charge in [-0.2, -0.15) is 13.2 Å². The van der Waals surface area contributed by atoms with E-state index in [4.69, 9.17) is 9.47 Å². The summed E-state index contributed by atoms with van der Waals surface area (Å²) in [4.78, 5) is 11.8. The summed E-state index contributed by atoms with van der Waals surface area (Å²) < 4.78 is 76.1. The Hall–Kier alpha value is -3.73. The van der Waals surface area contributed by atoms with Gasteiger partial charge in [0.25, 0.3) is 15.9 Å². The number of methoxy groups -OCH3 is 1. The van der Waals surface area contributed by atoms with Gasteiger partial charge < -0.3 is 14.8 Å². The summed E-state index contributed by atoms with van der Waals surface area (Å²) in [5.74, 6) is 0.659. The number of anilines is 1. The zero-order valence-corrected chi connectivity index (χ0v) is 19.4. The van der Waals surface area contributed by atoms with E-state index < -0.39 is 21.8 Å². The molecule has 0 bridgehead atoms. The summed E-state index contributed by atoms with van der Waals surface area (Å²) >= 11 is 0. The van der Waals surface area contributed by atoms with Crippen LogP contribution < -0.4 is 19.5 Å². The molecule has 3 rings (SSSR count). The van der Waals surface area contributed by atoms with E-state index in [9.17, 15) is 26.4 Å². The Balaban J connectivity index is 1.49. The van der Waals surface area contributed by atoms with Crippen LogP contribution in [0.25, 0.3) is 0 Å². The molecule has 0 aliphatic heterocycles. The lowest BCUT2D eigenvalue weighted by Crippen LogP contribution is -2.30. The van der Waals surface area contributed by atoms with E-state index in [1.54, 1.807) is 7.11 Å². The van der Waals surface area contributed by atoms with Crippen molar-refractivity contribution in [2.45, 2.75) is 17.5 Å². The Bertz CT molecular complexity index is 1250. The summed E-state index contributed by atoms with van der Waals surface area (Å²) in [5, 5.41) is 2.73. The Labute approximate surface area is 200 Å². The first-order valence-electron chi connectivity index (χ1n) is 10.4. The largest absolute Gasteiger partial charge is 0.497 e. The van der Waals surface area contributed by atoms with Crippen LogP contribution in [0.4, 0.5) is 18.9 Å². The fourth-order valence-electron chi connectivity index (χ4n) is 3.03. The van der Waals surface area contributed by atoms with Gasteiger partial charge in [-0.15, -0.1) is 0 Å². The molecule has 0 aliphatic carbocycles. The van der Waals surface area contributed by atoms with Crippen molar-refractivity contribution in [2.75, 3.05) is 25.0 Å². The molecule has 0 unspecified atom stereocenters. The first-order valence-corrected chi connectivity index (χ1v) is 11.9. The summed E-state index contributed by atoms with van der Waals surface area (Å²) in [6.45, 7) is 0.143. The maximum atomic E-state index is 12.8. The number of amides is 1. The van der Waals surface area contributed by atoms with E-state index in [0.717, 1.165) is 23.4 Å². The smallest absolute Gasteiger partial charge is 0.416 e. The average molecular weight is 509 g/mol. The topological polar surface area (TPSA) is 93.7 Å². The van der Waals surface area contributed by atoms with Gasteiger partial charge in [0.2, 0.25) is 0 Å². The number of halogens is 3. The fourth-order valence-corrected chi connectivity index (χ4v) is 4.08. The Kier molecular flexibility index (Phi) is 8.23. The molecule has 0 heterocycles. The van der Waals surface area contributed by atoms with Crippen LogP contribution in [0.2, 0.25) is 0 Å². The molecule has 3 aromatic rings. The predicted molar refractivity (Wildman–Crippen MR) is 124 cm³/mol. The number of hydrogen-bond donors (Lipinski definition) is 2. The van der Waals surface area contributed by atoms with E-state index in [1.165, 1.54) is 30.3 Å². The van der Waals surface area contributed by atoms with Crippen LogP contribution in [0.3, 0.4) is 0 Å². The quantitative estimate of drug-likeness (QED) is 0.427. The summed E-state index contributed by atoms with van der Waals surface area (Å²) in [6, 6.07) is 16.5. The minimum atomic E-state index is -4.59. The van der Waals surface area contributed by atoms with E-state index in [2.05, 4.69) is 10.0 Å². The van der Waals surface area contributed by atoms with Crippen molar-refractivity contribution in [3.05, 3.63) is 83.9 Å². The molecular weight excluding hydrogens is 485 g/mol. The first kappa shape index (κ1) is 25.9. The van der Waals surface area contributed by atoms with Crippen LogP contribution in [-0.2, 0) is 27.4 Å². The zero-order valence-electron chi connectivity index (χ0n) is 18.6. The van der Waals surface area contributed by atoms with Crippen molar-refractivity contribution >= 4 is 21.6 Å². The van der Waals surface area contributed by atoms with E-state index in [1.807, 2.05) is 24.3 Å². The highest BCUT2D eigenvalue weighted by Gasteiger charge is 2.30. The molecule has 35 heavy (non-hydrogen) atoms. The number of sulfonamides is 1.